The number of aromatic nitrogens is 2. The predicted octanol–water partition coefficient (Wildman–Crippen LogP) is 4.91. The highest BCUT2D eigenvalue weighted by atomic mass is 32.2. The van der Waals surface area contributed by atoms with Crippen molar-refractivity contribution in [3.05, 3.63) is 59.9 Å². The average molecular weight is 563 g/mol. The third-order valence-electron chi connectivity index (χ3n) is 7.85. The van der Waals surface area contributed by atoms with Crippen molar-refractivity contribution < 1.29 is 26.4 Å². The van der Waals surface area contributed by atoms with Crippen LogP contribution in [0.4, 0.5) is 13.2 Å². The maximum Gasteiger partial charge on any atom is 0.418 e. The van der Waals surface area contributed by atoms with Gasteiger partial charge in [-0.25, -0.2) is 13.4 Å². The number of nitrogens with one attached hydrogen (secondary N) is 2. The lowest BCUT2D eigenvalue weighted by Gasteiger charge is -2.41. The average Bonchev–Trinajstić information content (AvgIpc) is 3.46. The molecule has 1 saturated carbocycles. The number of para-hydroxylation sites is 1. The Hall–Kier alpha value is -2.92. The van der Waals surface area contributed by atoms with Gasteiger partial charge in [-0.1, -0.05) is 38.1 Å². The van der Waals surface area contributed by atoms with E-state index in [4.69, 9.17) is 0 Å². The summed E-state index contributed by atoms with van der Waals surface area (Å²) in [5, 5.41) is 3.52. The molecular weight excluding hydrogens is 529 g/mol. The molecule has 210 valence electrons. The lowest BCUT2D eigenvalue weighted by molar-refractivity contribution is -0.136. The Balaban J connectivity index is 1.40. The van der Waals surface area contributed by atoms with Crippen molar-refractivity contribution in [2.45, 2.75) is 74.6 Å². The Morgan fingerprint density at radius 1 is 1.08 bits per heavy atom. The summed E-state index contributed by atoms with van der Waals surface area (Å²) in [5.41, 5.74) is -0.802. The van der Waals surface area contributed by atoms with Crippen molar-refractivity contribution in [2.24, 2.45) is 5.92 Å². The van der Waals surface area contributed by atoms with E-state index in [9.17, 15) is 26.4 Å². The van der Waals surface area contributed by atoms with Gasteiger partial charge in [0.2, 0.25) is 5.91 Å². The number of amides is 1. The summed E-state index contributed by atoms with van der Waals surface area (Å²) in [6.07, 6.45) is -2.09. The van der Waals surface area contributed by atoms with Crippen LogP contribution in [0.5, 0.6) is 0 Å². The van der Waals surface area contributed by atoms with E-state index in [1.165, 1.54) is 12.1 Å². The summed E-state index contributed by atoms with van der Waals surface area (Å²) in [6, 6.07) is 12.3. The lowest BCUT2D eigenvalue weighted by atomic mass is 9.81. The zero-order chi connectivity index (χ0) is 27.9. The fourth-order valence-corrected chi connectivity index (χ4v) is 7.88. The summed E-state index contributed by atoms with van der Waals surface area (Å²) in [7, 11) is -3.58. The quantitative estimate of drug-likeness (QED) is 0.427. The Kier molecular flexibility index (Phi) is 7.49. The molecule has 1 aliphatic heterocycles. The maximum absolute atomic E-state index is 13.7. The molecule has 2 heterocycles. The SMILES string of the molecule is CC(C)N[C@H]1CC[C@H](N2CCC(c3nc4c(C(F)(F)F)cccc4[nH]3)C2=O)[C@@H](CS(=O)(=O)c2ccccc2)C1. The van der Waals surface area contributed by atoms with Crippen LogP contribution in [0, 0.1) is 5.92 Å². The number of fused-ring (bicyclic) bond motifs is 1. The Labute approximate surface area is 226 Å². The van der Waals surface area contributed by atoms with E-state index in [1.54, 1.807) is 35.2 Å². The van der Waals surface area contributed by atoms with E-state index in [1.807, 2.05) is 13.8 Å². The molecule has 4 atom stereocenters. The van der Waals surface area contributed by atoms with E-state index in [0.717, 1.165) is 12.5 Å². The second kappa shape index (κ2) is 10.6. The molecule has 5 rings (SSSR count). The molecule has 2 fully saturated rings. The van der Waals surface area contributed by atoms with Crippen LogP contribution in [0.25, 0.3) is 11.0 Å². The van der Waals surface area contributed by atoms with Crippen LogP contribution in [0.2, 0.25) is 0 Å². The van der Waals surface area contributed by atoms with Crippen molar-refractivity contribution in [2.75, 3.05) is 12.3 Å². The molecule has 1 aliphatic carbocycles. The van der Waals surface area contributed by atoms with Crippen LogP contribution in [-0.2, 0) is 20.8 Å². The minimum atomic E-state index is -4.56. The molecule has 1 aromatic heterocycles. The summed E-state index contributed by atoms with van der Waals surface area (Å²) < 4.78 is 67.2. The molecule has 0 radical (unpaired) electrons. The van der Waals surface area contributed by atoms with Gasteiger partial charge in [0, 0.05) is 24.7 Å². The molecule has 11 heteroatoms. The standard InChI is InChI=1S/C28H33F3N4O3S/c1-17(2)32-19-11-12-24(18(15-19)16-39(37,38)20-7-4-3-5-8-20)35-14-13-21(27(35)36)26-33-23-10-6-9-22(25(23)34-26)28(29,30)31/h3-10,17-19,21,24,32H,11-16H2,1-2H3,(H,33,34)/t18-,19+,21?,24+/m1/s1. The van der Waals surface area contributed by atoms with Crippen LogP contribution in [-0.4, -0.2) is 59.6 Å². The first-order chi connectivity index (χ1) is 18.4. The van der Waals surface area contributed by atoms with Gasteiger partial charge in [0.15, 0.2) is 9.84 Å². The van der Waals surface area contributed by atoms with Crippen LogP contribution in [0.3, 0.4) is 0 Å². The van der Waals surface area contributed by atoms with Gasteiger partial charge >= 0.3 is 6.18 Å². The number of halogens is 3. The minimum absolute atomic E-state index is 0.0774. The molecular formula is C28H33F3N4O3S. The molecule has 39 heavy (non-hydrogen) atoms. The monoisotopic (exact) mass is 562 g/mol. The van der Waals surface area contributed by atoms with E-state index in [2.05, 4.69) is 15.3 Å². The smallest absolute Gasteiger partial charge is 0.341 e. The van der Waals surface area contributed by atoms with Gasteiger partial charge in [-0.2, -0.15) is 13.2 Å². The highest BCUT2D eigenvalue weighted by Gasteiger charge is 2.44. The first kappa shape index (κ1) is 27.6. The molecule has 0 bridgehead atoms. The Morgan fingerprint density at radius 3 is 2.51 bits per heavy atom. The van der Waals surface area contributed by atoms with E-state index < -0.39 is 27.5 Å². The van der Waals surface area contributed by atoms with Crippen molar-refractivity contribution in [3.8, 4) is 0 Å². The lowest BCUT2D eigenvalue weighted by Crippen LogP contribution is -2.51. The number of rotatable bonds is 7. The normalized spacial score (nSPS) is 24.7. The number of hydrogen-bond acceptors (Lipinski definition) is 5. The molecule has 1 amide bonds. The highest BCUT2D eigenvalue weighted by Crippen LogP contribution is 2.39. The molecule has 7 nitrogen and oxygen atoms in total. The predicted molar refractivity (Wildman–Crippen MR) is 142 cm³/mol. The zero-order valence-electron chi connectivity index (χ0n) is 21.9. The number of hydrogen-bond donors (Lipinski definition) is 2. The maximum atomic E-state index is 13.7. The Morgan fingerprint density at radius 2 is 1.82 bits per heavy atom. The fraction of sp³-hybridized carbons (Fsp3) is 0.500. The molecule has 1 unspecified atom stereocenters. The van der Waals surface area contributed by atoms with Crippen LogP contribution < -0.4 is 5.32 Å². The Bertz CT molecular complexity index is 1440. The number of nitrogens with zero attached hydrogens (tertiary/aromatic N) is 2. The summed E-state index contributed by atoms with van der Waals surface area (Å²) in [6.45, 7) is 4.50. The molecule has 1 saturated heterocycles. The van der Waals surface area contributed by atoms with Crippen LogP contribution >= 0.6 is 0 Å². The fourth-order valence-electron chi connectivity index (χ4n) is 6.20. The van der Waals surface area contributed by atoms with Gasteiger partial charge in [0.05, 0.1) is 27.6 Å². The van der Waals surface area contributed by atoms with Crippen LogP contribution in [0.1, 0.15) is 56.8 Å². The number of alkyl halides is 3. The number of likely N-dealkylation sites (tertiary alicyclic amines) is 1. The number of sulfone groups is 1. The number of carbonyl (C=O) groups is 1. The molecule has 0 spiro atoms. The van der Waals surface area contributed by atoms with Gasteiger partial charge in [-0.15, -0.1) is 0 Å². The highest BCUT2D eigenvalue weighted by molar-refractivity contribution is 7.91. The summed E-state index contributed by atoms with van der Waals surface area (Å²) in [4.78, 5) is 22.9. The zero-order valence-corrected chi connectivity index (χ0v) is 22.7. The number of H-pyrrole nitrogens is 1. The van der Waals surface area contributed by atoms with Gasteiger partial charge in [0.25, 0.3) is 0 Å². The second-order valence-corrected chi connectivity index (χ2v) is 13.0. The van der Waals surface area contributed by atoms with Gasteiger partial charge in [0.1, 0.15) is 11.3 Å². The van der Waals surface area contributed by atoms with Crippen molar-refractivity contribution in [1.82, 2.24) is 20.2 Å². The van der Waals surface area contributed by atoms with Gasteiger partial charge in [-0.3, -0.25) is 4.79 Å². The summed E-state index contributed by atoms with van der Waals surface area (Å²) in [5.74, 6) is -1.05. The number of benzene rings is 2. The van der Waals surface area contributed by atoms with Crippen molar-refractivity contribution in [1.29, 1.82) is 0 Å². The van der Waals surface area contributed by atoms with Crippen molar-refractivity contribution in [3.63, 3.8) is 0 Å². The molecule has 2 N–H and O–H groups in total. The molecule has 2 aromatic carbocycles. The third kappa shape index (κ3) is 5.70. The number of carbonyl (C=O) groups excluding carboxylic acids is 1. The largest absolute Gasteiger partial charge is 0.418 e. The van der Waals surface area contributed by atoms with Crippen LogP contribution in [0.15, 0.2) is 53.4 Å². The number of imidazole rings is 1. The number of aromatic amines is 1. The van der Waals surface area contributed by atoms with E-state index >= 15 is 0 Å². The summed E-state index contributed by atoms with van der Waals surface area (Å²) >= 11 is 0. The van der Waals surface area contributed by atoms with E-state index in [-0.39, 0.29) is 57.5 Å². The topological polar surface area (TPSA) is 95.2 Å². The first-order valence-corrected chi connectivity index (χ1v) is 15.0. The first-order valence-electron chi connectivity index (χ1n) is 13.3. The molecule has 3 aromatic rings. The van der Waals surface area contributed by atoms with Gasteiger partial charge in [-0.05, 0) is 55.9 Å². The third-order valence-corrected chi connectivity index (χ3v) is 9.71. The van der Waals surface area contributed by atoms with Gasteiger partial charge < -0.3 is 15.2 Å². The van der Waals surface area contributed by atoms with E-state index in [0.29, 0.717) is 25.8 Å². The second-order valence-electron chi connectivity index (χ2n) is 10.9. The van der Waals surface area contributed by atoms with Crippen molar-refractivity contribution >= 4 is 26.8 Å². The minimum Gasteiger partial charge on any atom is -0.341 e. The molecule has 2 aliphatic rings.